The first-order chi connectivity index (χ1) is 9.98. The maximum absolute atomic E-state index is 12.3. The maximum atomic E-state index is 12.3. The van der Waals surface area contributed by atoms with Crippen LogP contribution in [-0.4, -0.2) is 28.7 Å². The van der Waals surface area contributed by atoms with Gasteiger partial charge in [-0.2, -0.15) is 0 Å². The van der Waals surface area contributed by atoms with E-state index in [9.17, 15) is 9.59 Å². The van der Waals surface area contributed by atoms with Crippen LogP contribution in [0.2, 0.25) is 0 Å². The molecular formula is C16H26N2O3. The number of amides is 2. The van der Waals surface area contributed by atoms with Crippen molar-refractivity contribution in [2.75, 3.05) is 0 Å². The lowest BCUT2D eigenvalue weighted by Gasteiger charge is -2.56. The normalized spacial score (nSPS) is 38.0. The molecule has 5 heteroatoms. The quantitative estimate of drug-likeness (QED) is 0.729. The van der Waals surface area contributed by atoms with Crippen molar-refractivity contribution in [3.63, 3.8) is 0 Å². The van der Waals surface area contributed by atoms with E-state index in [1.165, 1.54) is 19.3 Å². The predicted octanol–water partition coefficient (Wildman–Crippen LogP) is 2.51. The van der Waals surface area contributed by atoms with Gasteiger partial charge < -0.3 is 15.7 Å². The summed E-state index contributed by atoms with van der Waals surface area (Å²) in [7, 11) is 0. The third-order valence-electron chi connectivity index (χ3n) is 5.67. The number of carboxylic acid groups (broad SMARTS) is 1. The molecule has 0 aromatic rings. The monoisotopic (exact) mass is 294 g/mol. The molecule has 5 nitrogen and oxygen atoms in total. The molecule has 0 spiro atoms. The fourth-order valence-electron chi connectivity index (χ4n) is 5.23. The molecule has 118 valence electrons. The van der Waals surface area contributed by atoms with Crippen molar-refractivity contribution in [1.29, 1.82) is 0 Å². The minimum Gasteiger partial charge on any atom is -0.481 e. The topological polar surface area (TPSA) is 78.4 Å². The van der Waals surface area contributed by atoms with Crippen LogP contribution >= 0.6 is 0 Å². The van der Waals surface area contributed by atoms with E-state index in [1.54, 1.807) is 0 Å². The van der Waals surface area contributed by atoms with E-state index in [2.05, 4.69) is 10.6 Å². The molecule has 0 aliphatic heterocycles. The van der Waals surface area contributed by atoms with Gasteiger partial charge in [0.2, 0.25) is 0 Å². The van der Waals surface area contributed by atoms with Gasteiger partial charge in [-0.15, -0.1) is 0 Å². The number of carbonyl (C=O) groups is 2. The summed E-state index contributed by atoms with van der Waals surface area (Å²) in [6, 6.07) is -0.457. The molecule has 0 aromatic carbocycles. The zero-order valence-electron chi connectivity index (χ0n) is 12.7. The molecule has 4 fully saturated rings. The highest BCUT2D eigenvalue weighted by atomic mass is 16.4. The zero-order valence-corrected chi connectivity index (χ0v) is 12.7. The van der Waals surface area contributed by atoms with E-state index < -0.39 is 5.97 Å². The molecule has 0 heterocycles. The van der Waals surface area contributed by atoms with Crippen LogP contribution in [0.3, 0.4) is 0 Å². The smallest absolute Gasteiger partial charge is 0.315 e. The molecule has 1 atom stereocenters. The molecule has 1 unspecified atom stereocenters. The summed E-state index contributed by atoms with van der Waals surface area (Å²) >= 11 is 0. The summed E-state index contributed by atoms with van der Waals surface area (Å²) in [4.78, 5) is 23.1. The molecule has 4 bridgehead atoms. The van der Waals surface area contributed by atoms with Crippen LogP contribution in [-0.2, 0) is 4.79 Å². The van der Waals surface area contributed by atoms with Gasteiger partial charge in [0.25, 0.3) is 0 Å². The summed E-state index contributed by atoms with van der Waals surface area (Å²) in [5, 5.41) is 14.9. The van der Waals surface area contributed by atoms with Crippen molar-refractivity contribution < 1.29 is 14.7 Å². The van der Waals surface area contributed by atoms with Gasteiger partial charge in [0.05, 0.1) is 6.42 Å². The van der Waals surface area contributed by atoms with Crippen molar-refractivity contribution in [3.8, 4) is 0 Å². The van der Waals surface area contributed by atoms with Gasteiger partial charge in [-0.1, -0.05) is 6.92 Å². The van der Waals surface area contributed by atoms with Gasteiger partial charge in [0, 0.05) is 11.6 Å². The Balaban J connectivity index is 1.58. The summed E-state index contributed by atoms with van der Waals surface area (Å²) < 4.78 is 0. The van der Waals surface area contributed by atoms with Crippen LogP contribution < -0.4 is 10.6 Å². The largest absolute Gasteiger partial charge is 0.481 e. The van der Waals surface area contributed by atoms with Gasteiger partial charge >= 0.3 is 12.0 Å². The second kappa shape index (κ2) is 5.50. The Bertz CT molecular complexity index is 400. The Hall–Kier alpha value is -1.26. The highest BCUT2D eigenvalue weighted by Gasteiger charge is 2.51. The lowest BCUT2D eigenvalue weighted by atomic mass is 9.53. The first kappa shape index (κ1) is 14.7. The molecule has 0 aromatic heterocycles. The molecule has 4 saturated carbocycles. The zero-order chi connectivity index (χ0) is 15.0. The fourth-order valence-corrected chi connectivity index (χ4v) is 5.23. The summed E-state index contributed by atoms with van der Waals surface area (Å²) in [6.07, 6.45) is 8.01. The highest BCUT2D eigenvalue weighted by Crippen LogP contribution is 2.55. The number of rotatable bonds is 5. The molecule has 0 radical (unpaired) electrons. The lowest BCUT2D eigenvalue weighted by molar-refractivity contribution is -0.137. The number of aliphatic carboxylic acids is 1. The van der Waals surface area contributed by atoms with E-state index >= 15 is 0 Å². The van der Waals surface area contributed by atoms with Crippen LogP contribution in [0.4, 0.5) is 4.79 Å². The Morgan fingerprint density at radius 3 is 2.10 bits per heavy atom. The Morgan fingerprint density at radius 1 is 1.14 bits per heavy atom. The van der Waals surface area contributed by atoms with E-state index in [0.717, 1.165) is 37.0 Å². The van der Waals surface area contributed by atoms with Gasteiger partial charge in [-0.3, -0.25) is 4.79 Å². The molecule has 4 aliphatic carbocycles. The van der Waals surface area contributed by atoms with Crippen LogP contribution in [0.15, 0.2) is 0 Å². The van der Waals surface area contributed by atoms with E-state index in [0.29, 0.717) is 6.42 Å². The van der Waals surface area contributed by atoms with E-state index in [4.69, 9.17) is 5.11 Å². The first-order valence-corrected chi connectivity index (χ1v) is 8.28. The summed E-state index contributed by atoms with van der Waals surface area (Å²) in [5.74, 6) is 1.50. The van der Waals surface area contributed by atoms with Gasteiger partial charge in [0.1, 0.15) is 0 Å². The van der Waals surface area contributed by atoms with Crippen molar-refractivity contribution in [1.82, 2.24) is 10.6 Å². The van der Waals surface area contributed by atoms with Crippen molar-refractivity contribution in [3.05, 3.63) is 0 Å². The molecule has 4 rings (SSSR count). The second-order valence-corrected chi connectivity index (χ2v) is 7.50. The maximum Gasteiger partial charge on any atom is 0.315 e. The van der Waals surface area contributed by atoms with Crippen molar-refractivity contribution >= 4 is 12.0 Å². The van der Waals surface area contributed by atoms with Gasteiger partial charge in [-0.05, 0) is 62.7 Å². The third kappa shape index (κ3) is 3.16. The molecule has 3 N–H and O–H groups in total. The van der Waals surface area contributed by atoms with E-state index in [1.807, 2.05) is 6.92 Å². The minimum absolute atomic E-state index is 0.00913. The summed E-state index contributed by atoms with van der Waals surface area (Å²) in [6.45, 7) is 1.90. The standard InChI is InChI=1S/C16H26N2O3/c1-2-13(6-14(19)20)17-15(21)18-16-7-10-3-11(8-16)5-12(4-10)9-16/h10-13H,2-9H2,1H3,(H,19,20)(H2,17,18,21). The molecule has 21 heavy (non-hydrogen) atoms. The number of urea groups is 1. The Labute approximate surface area is 125 Å². The average molecular weight is 294 g/mol. The van der Waals surface area contributed by atoms with Crippen LogP contribution in [0.1, 0.15) is 58.3 Å². The number of hydrogen-bond donors (Lipinski definition) is 3. The minimum atomic E-state index is -0.864. The number of hydrogen-bond acceptors (Lipinski definition) is 2. The fraction of sp³-hybridized carbons (Fsp3) is 0.875. The number of carbonyl (C=O) groups excluding carboxylic acids is 1. The third-order valence-corrected chi connectivity index (χ3v) is 5.67. The molecular weight excluding hydrogens is 268 g/mol. The number of carboxylic acids is 1. The van der Waals surface area contributed by atoms with Gasteiger partial charge in [0.15, 0.2) is 0 Å². The van der Waals surface area contributed by atoms with Crippen molar-refractivity contribution in [2.24, 2.45) is 17.8 Å². The molecule has 4 aliphatic rings. The average Bonchev–Trinajstić information content (AvgIpc) is 2.34. The van der Waals surface area contributed by atoms with Crippen LogP contribution in [0.25, 0.3) is 0 Å². The van der Waals surface area contributed by atoms with Crippen molar-refractivity contribution in [2.45, 2.75) is 69.9 Å². The highest BCUT2D eigenvalue weighted by molar-refractivity contribution is 5.76. The Kier molecular flexibility index (Phi) is 3.84. The van der Waals surface area contributed by atoms with Gasteiger partial charge in [-0.25, -0.2) is 4.79 Å². The van der Waals surface area contributed by atoms with Crippen LogP contribution in [0, 0.1) is 17.8 Å². The lowest BCUT2D eigenvalue weighted by Crippen LogP contribution is -2.62. The van der Waals surface area contributed by atoms with E-state index in [-0.39, 0.29) is 24.0 Å². The molecule has 0 saturated heterocycles. The first-order valence-electron chi connectivity index (χ1n) is 8.28. The predicted molar refractivity (Wildman–Crippen MR) is 78.9 cm³/mol. The van der Waals surface area contributed by atoms with Crippen LogP contribution in [0.5, 0.6) is 0 Å². The number of nitrogens with one attached hydrogen (secondary N) is 2. The Morgan fingerprint density at radius 2 is 1.67 bits per heavy atom. The SMILES string of the molecule is CCC(CC(=O)O)NC(=O)NC12CC3CC(CC(C3)C1)C2. The molecule has 2 amide bonds. The second-order valence-electron chi connectivity index (χ2n) is 7.50. The summed E-state index contributed by atoms with van der Waals surface area (Å²) in [5.41, 5.74) is -0.0135.